The van der Waals surface area contributed by atoms with Crippen molar-refractivity contribution in [2.45, 2.75) is 57.5 Å². The molecule has 2 atom stereocenters. The number of carbonyl (C=O) groups is 1. The number of esters is 1. The molecule has 0 bridgehead atoms. The van der Waals surface area contributed by atoms with Crippen molar-refractivity contribution in [2.24, 2.45) is 5.92 Å². The van der Waals surface area contributed by atoms with Crippen molar-refractivity contribution in [2.75, 3.05) is 26.7 Å². The maximum Gasteiger partial charge on any atom is 0.305 e. The van der Waals surface area contributed by atoms with E-state index >= 15 is 0 Å². The predicted molar refractivity (Wildman–Crippen MR) is 76.0 cm³/mol. The molecule has 2 fully saturated rings. The van der Waals surface area contributed by atoms with Crippen LogP contribution in [-0.4, -0.2) is 49.7 Å². The topological polar surface area (TPSA) is 41.6 Å². The first-order valence-electron chi connectivity index (χ1n) is 7.76. The third-order valence-corrected chi connectivity index (χ3v) is 4.19. The third kappa shape index (κ3) is 5.11. The summed E-state index contributed by atoms with van der Waals surface area (Å²) in [6.45, 7) is 5.74. The number of methoxy groups -OCH3 is 1. The molecule has 1 aliphatic heterocycles. The summed E-state index contributed by atoms with van der Waals surface area (Å²) in [5, 5.41) is 3.75. The van der Waals surface area contributed by atoms with Crippen LogP contribution in [-0.2, 0) is 9.53 Å². The smallest absolute Gasteiger partial charge is 0.305 e. The molecule has 2 unspecified atom stereocenters. The van der Waals surface area contributed by atoms with Gasteiger partial charge in [0.2, 0.25) is 0 Å². The molecule has 110 valence electrons. The van der Waals surface area contributed by atoms with Gasteiger partial charge in [0.15, 0.2) is 0 Å². The lowest BCUT2D eigenvalue weighted by Crippen LogP contribution is -2.50. The number of piperidine rings is 1. The SMILES string of the molecule is CCCN1CC(CCC(=O)OC)CC(NC2CC2)C1. The van der Waals surface area contributed by atoms with Crippen LogP contribution in [0.3, 0.4) is 0 Å². The van der Waals surface area contributed by atoms with Crippen LogP contribution in [0.1, 0.15) is 45.4 Å². The Labute approximate surface area is 116 Å². The molecule has 1 saturated heterocycles. The van der Waals surface area contributed by atoms with Gasteiger partial charge in [-0.15, -0.1) is 0 Å². The molecule has 1 heterocycles. The fraction of sp³-hybridized carbons (Fsp3) is 0.933. The minimum absolute atomic E-state index is 0.0701. The van der Waals surface area contributed by atoms with E-state index in [4.69, 9.17) is 4.74 Å². The summed E-state index contributed by atoms with van der Waals surface area (Å²) in [4.78, 5) is 13.8. The number of likely N-dealkylation sites (tertiary alicyclic amines) is 1. The summed E-state index contributed by atoms with van der Waals surface area (Å²) in [6, 6.07) is 1.39. The van der Waals surface area contributed by atoms with Crippen molar-refractivity contribution in [3.63, 3.8) is 0 Å². The molecule has 0 aromatic rings. The molecule has 0 aromatic heterocycles. The Morgan fingerprint density at radius 3 is 2.74 bits per heavy atom. The zero-order valence-corrected chi connectivity index (χ0v) is 12.4. The number of nitrogens with one attached hydrogen (secondary N) is 1. The highest BCUT2D eigenvalue weighted by Gasteiger charge is 2.31. The van der Waals surface area contributed by atoms with Crippen molar-refractivity contribution in [1.29, 1.82) is 0 Å². The second-order valence-electron chi connectivity index (χ2n) is 6.11. The van der Waals surface area contributed by atoms with Gasteiger partial charge in [-0.25, -0.2) is 0 Å². The van der Waals surface area contributed by atoms with Gasteiger partial charge in [-0.2, -0.15) is 0 Å². The van der Waals surface area contributed by atoms with Crippen molar-refractivity contribution >= 4 is 5.97 Å². The minimum atomic E-state index is -0.0701. The first-order chi connectivity index (χ1) is 9.21. The Bertz CT molecular complexity index is 292. The Kier molecular flexibility index (Phi) is 5.64. The van der Waals surface area contributed by atoms with Gasteiger partial charge in [0.05, 0.1) is 7.11 Å². The zero-order valence-electron chi connectivity index (χ0n) is 12.4. The van der Waals surface area contributed by atoms with Gasteiger partial charge in [0, 0.05) is 31.6 Å². The molecule has 1 aliphatic carbocycles. The summed E-state index contributed by atoms with van der Waals surface area (Å²) in [7, 11) is 1.48. The van der Waals surface area contributed by atoms with Crippen molar-refractivity contribution in [3.05, 3.63) is 0 Å². The molecule has 1 N–H and O–H groups in total. The fourth-order valence-corrected chi connectivity index (χ4v) is 3.14. The van der Waals surface area contributed by atoms with E-state index in [9.17, 15) is 4.79 Å². The Morgan fingerprint density at radius 1 is 1.32 bits per heavy atom. The molecule has 0 spiro atoms. The Morgan fingerprint density at radius 2 is 2.11 bits per heavy atom. The summed E-state index contributed by atoms with van der Waals surface area (Å²) in [5.41, 5.74) is 0. The zero-order chi connectivity index (χ0) is 13.7. The number of nitrogens with zero attached hydrogens (tertiary/aromatic N) is 1. The average Bonchev–Trinajstić information content (AvgIpc) is 3.20. The Hall–Kier alpha value is -0.610. The maximum absolute atomic E-state index is 11.3. The van der Waals surface area contributed by atoms with Gasteiger partial charge >= 0.3 is 5.97 Å². The van der Waals surface area contributed by atoms with Gasteiger partial charge < -0.3 is 15.0 Å². The van der Waals surface area contributed by atoms with E-state index < -0.39 is 0 Å². The van der Waals surface area contributed by atoms with Crippen LogP contribution in [0.5, 0.6) is 0 Å². The van der Waals surface area contributed by atoms with Gasteiger partial charge in [-0.3, -0.25) is 4.79 Å². The maximum atomic E-state index is 11.3. The van der Waals surface area contributed by atoms with Crippen molar-refractivity contribution in [3.8, 4) is 0 Å². The van der Waals surface area contributed by atoms with E-state index in [1.54, 1.807) is 0 Å². The molecule has 0 amide bonds. The first kappa shape index (κ1) is 14.8. The highest BCUT2D eigenvalue weighted by atomic mass is 16.5. The Balaban J connectivity index is 1.80. The molecular weight excluding hydrogens is 240 g/mol. The van der Waals surface area contributed by atoms with Gasteiger partial charge in [0.25, 0.3) is 0 Å². The number of carbonyl (C=O) groups excluding carboxylic acids is 1. The molecule has 0 aromatic carbocycles. The van der Waals surface area contributed by atoms with Crippen LogP contribution in [0.15, 0.2) is 0 Å². The lowest BCUT2D eigenvalue weighted by atomic mass is 9.90. The summed E-state index contributed by atoms with van der Waals surface area (Å²) in [5.74, 6) is 0.565. The second kappa shape index (κ2) is 7.25. The lowest BCUT2D eigenvalue weighted by molar-refractivity contribution is -0.141. The van der Waals surface area contributed by atoms with E-state index in [2.05, 4.69) is 17.1 Å². The molecule has 1 saturated carbocycles. The third-order valence-electron chi connectivity index (χ3n) is 4.19. The minimum Gasteiger partial charge on any atom is -0.469 e. The highest BCUT2D eigenvalue weighted by molar-refractivity contribution is 5.69. The van der Waals surface area contributed by atoms with Gasteiger partial charge in [-0.05, 0) is 44.6 Å². The number of hydrogen-bond acceptors (Lipinski definition) is 4. The fourth-order valence-electron chi connectivity index (χ4n) is 3.14. The summed E-state index contributed by atoms with van der Waals surface area (Å²) >= 11 is 0. The monoisotopic (exact) mass is 268 g/mol. The van der Waals surface area contributed by atoms with E-state index in [-0.39, 0.29) is 5.97 Å². The first-order valence-corrected chi connectivity index (χ1v) is 7.76. The van der Waals surface area contributed by atoms with Gasteiger partial charge in [-0.1, -0.05) is 6.92 Å². The van der Waals surface area contributed by atoms with Crippen LogP contribution >= 0.6 is 0 Å². The van der Waals surface area contributed by atoms with Crippen LogP contribution in [0.2, 0.25) is 0 Å². The average molecular weight is 268 g/mol. The van der Waals surface area contributed by atoms with Crippen LogP contribution in [0.25, 0.3) is 0 Å². The van der Waals surface area contributed by atoms with Crippen molar-refractivity contribution in [1.82, 2.24) is 10.2 Å². The normalized spacial score (nSPS) is 28.3. The molecule has 2 rings (SSSR count). The molecular formula is C15H28N2O2. The lowest BCUT2D eigenvalue weighted by Gasteiger charge is -2.38. The standard InChI is InChI=1S/C15H28N2O2/c1-3-8-17-10-12(4-7-15(18)19-2)9-14(11-17)16-13-5-6-13/h12-14,16H,3-11H2,1-2H3. The van der Waals surface area contributed by atoms with Crippen molar-refractivity contribution < 1.29 is 9.53 Å². The van der Waals surface area contributed by atoms with Crippen LogP contribution < -0.4 is 5.32 Å². The number of hydrogen-bond donors (Lipinski definition) is 1. The van der Waals surface area contributed by atoms with E-state index in [1.807, 2.05) is 0 Å². The predicted octanol–water partition coefficient (Wildman–Crippen LogP) is 1.79. The van der Waals surface area contributed by atoms with E-state index in [0.29, 0.717) is 18.4 Å². The summed E-state index contributed by atoms with van der Waals surface area (Å²) < 4.78 is 4.75. The largest absolute Gasteiger partial charge is 0.469 e. The molecule has 2 aliphatic rings. The molecule has 4 nitrogen and oxygen atoms in total. The molecule has 4 heteroatoms. The molecule has 0 radical (unpaired) electrons. The van der Waals surface area contributed by atoms with Crippen LogP contribution in [0, 0.1) is 5.92 Å². The highest BCUT2D eigenvalue weighted by Crippen LogP contribution is 2.26. The quantitative estimate of drug-likeness (QED) is 0.715. The van der Waals surface area contributed by atoms with Crippen LogP contribution in [0.4, 0.5) is 0 Å². The second-order valence-corrected chi connectivity index (χ2v) is 6.11. The van der Waals surface area contributed by atoms with E-state index in [0.717, 1.165) is 19.0 Å². The molecule has 19 heavy (non-hydrogen) atoms. The number of rotatable bonds is 7. The summed E-state index contributed by atoms with van der Waals surface area (Å²) in [6.07, 6.45) is 6.65. The number of ether oxygens (including phenoxy) is 1. The van der Waals surface area contributed by atoms with E-state index in [1.165, 1.54) is 45.9 Å². The van der Waals surface area contributed by atoms with Gasteiger partial charge in [0.1, 0.15) is 0 Å².